The first-order valence-electron chi connectivity index (χ1n) is 10.0. The van der Waals surface area contributed by atoms with Crippen LogP contribution in [0.1, 0.15) is 54.4 Å². The van der Waals surface area contributed by atoms with Gasteiger partial charge >= 0.3 is 11.9 Å². The van der Waals surface area contributed by atoms with Gasteiger partial charge in [-0.25, -0.2) is 9.59 Å². The van der Waals surface area contributed by atoms with Gasteiger partial charge in [0.25, 0.3) is 0 Å². The number of carbonyl (C=O) groups is 3. The Bertz CT molecular complexity index is 775. The molecule has 6 rings (SSSR count). The van der Waals surface area contributed by atoms with Crippen LogP contribution in [0.3, 0.4) is 0 Å². The lowest BCUT2D eigenvalue weighted by molar-refractivity contribution is -0.163. The van der Waals surface area contributed by atoms with Crippen LogP contribution in [-0.4, -0.2) is 30.4 Å². The molecule has 1 aromatic rings. The minimum atomic E-state index is -0.962. The Kier molecular flexibility index (Phi) is 3.88. The Hall–Kier alpha value is -2.17. The van der Waals surface area contributed by atoms with E-state index in [1.165, 1.54) is 19.3 Å². The first-order valence-corrected chi connectivity index (χ1v) is 10.0. The minimum Gasteiger partial charge on any atom is -0.455 e. The lowest BCUT2D eigenvalue weighted by Gasteiger charge is -2.55. The van der Waals surface area contributed by atoms with Crippen LogP contribution in [0.25, 0.3) is 0 Å². The van der Waals surface area contributed by atoms with Crippen LogP contribution in [0.2, 0.25) is 0 Å². The van der Waals surface area contributed by atoms with Crippen molar-refractivity contribution >= 4 is 17.7 Å². The van der Waals surface area contributed by atoms with Crippen molar-refractivity contribution in [3.8, 4) is 0 Å². The second-order valence-electron chi connectivity index (χ2n) is 8.98. The van der Waals surface area contributed by atoms with Crippen molar-refractivity contribution in [2.75, 3.05) is 6.61 Å². The van der Waals surface area contributed by atoms with Crippen LogP contribution in [0.15, 0.2) is 24.3 Å². The molecule has 0 amide bonds. The molecule has 0 spiro atoms. The molecule has 5 heteroatoms. The van der Waals surface area contributed by atoms with Crippen LogP contribution >= 0.6 is 0 Å². The largest absolute Gasteiger partial charge is 0.455 e. The van der Waals surface area contributed by atoms with Gasteiger partial charge in [-0.05, 0) is 67.9 Å². The Balaban J connectivity index is 1.23. The Morgan fingerprint density at radius 3 is 2.33 bits per heavy atom. The van der Waals surface area contributed by atoms with Crippen molar-refractivity contribution in [2.24, 2.45) is 23.2 Å². The lowest BCUT2D eigenvalue weighted by Crippen LogP contribution is -2.51. The molecule has 0 radical (unpaired) electrons. The average molecular weight is 368 g/mol. The molecule has 4 saturated carbocycles. The molecule has 0 aromatic heterocycles. The summed E-state index contributed by atoms with van der Waals surface area (Å²) in [7, 11) is 0. The van der Waals surface area contributed by atoms with E-state index in [1.54, 1.807) is 12.1 Å². The minimum absolute atomic E-state index is 0.0671. The van der Waals surface area contributed by atoms with E-state index in [1.807, 2.05) is 12.1 Å². The predicted molar refractivity (Wildman–Crippen MR) is 95.9 cm³/mol. The summed E-state index contributed by atoms with van der Waals surface area (Å²) in [6.45, 7) is -0.194. The number of Topliss-reactive ketones (excluding diaryl/α,β-unsaturated/α-hetero) is 1. The third-order valence-corrected chi connectivity index (χ3v) is 7.13. The number of ketones is 1. The molecule has 1 aromatic carbocycles. The van der Waals surface area contributed by atoms with Gasteiger partial charge in [-0.1, -0.05) is 18.2 Å². The normalized spacial score (nSPS) is 36.1. The third kappa shape index (κ3) is 2.88. The van der Waals surface area contributed by atoms with Crippen molar-refractivity contribution in [1.29, 1.82) is 0 Å². The van der Waals surface area contributed by atoms with Crippen molar-refractivity contribution in [3.63, 3.8) is 0 Å². The van der Waals surface area contributed by atoms with Gasteiger partial charge in [0.1, 0.15) is 0 Å². The van der Waals surface area contributed by atoms with Gasteiger partial charge in [0.2, 0.25) is 6.10 Å². The number of esters is 2. The van der Waals surface area contributed by atoms with E-state index in [2.05, 4.69) is 0 Å². The quantitative estimate of drug-likeness (QED) is 0.764. The number of carbonyl (C=O) groups excluding carboxylic acids is 3. The van der Waals surface area contributed by atoms with E-state index in [-0.39, 0.29) is 17.8 Å². The molecule has 142 valence electrons. The highest BCUT2D eigenvalue weighted by Gasteiger charge is 2.54. The van der Waals surface area contributed by atoms with E-state index in [0.29, 0.717) is 29.7 Å². The first kappa shape index (κ1) is 17.0. The highest BCUT2D eigenvalue weighted by Crippen LogP contribution is 2.60. The first-order chi connectivity index (χ1) is 13.0. The summed E-state index contributed by atoms with van der Waals surface area (Å²) in [5.41, 5.74) is 1.000. The topological polar surface area (TPSA) is 69.7 Å². The van der Waals surface area contributed by atoms with E-state index >= 15 is 0 Å². The predicted octanol–water partition coefficient (Wildman–Crippen LogP) is 3.10. The zero-order chi connectivity index (χ0) is 18.6. The van der Waals surface area contributed by atoms with Crippen LogP contribution in [0, 0.1) is 23.2 Å². The van der Waals surface area contributed by atoms with Gasteiger partial charge < -0.3 is 9.47 Å². The second-order valence-corrected chi connectivity index (χ2v) is 8.98. The third-order valence-electron chi connectivity index (χ3n) is 7.13. The molecular formula is C22H24O5. The van der Waals surface area contributed by atoms with Crippen molar-refractivity contribution in [3.05, 3.63) is 35.4 Å². The van der Waals surface area contributed by atoms with Gasteiger partial charge in [0.15, 0.2) is 12.4 Å². The molecule has 4 fully saturated rings. The average Bonchev–Trinajstić information content (AvgIpc) is 2.64. The van der Waals surface area contributed by atoms with E-state index in [0.717, 1.165) is 24.8 Å². The highest BCUT2D eigenvalue weighted by atomic mass is 16.6. The molecule has 1 atom stereocenters. The van der Waals surface area contributed by atoms with Crippen molar-refractivity contribution in [2.45, 2.75) is 51.0 Å². The fourth-order valence-corrected chi connectivity index (χ4v) is 6.30. The number of hydrogen-bond acceptors (Lipinski definition) is 5. The smallest absolute Gasteiger partial charge is 0.348 e. The van der Waals surface area contributed by atoms with Crippen LogP contribution in [0.5, 0.6) is 0 Å². The molecule has 4 bridgehead atoms. The number of rotatable bonds is 4. The lowest BCUT2D eigenvalue weighted by atomic mass is 9.48. The van der Waals surface area contributed by atoms with Gasteiger partial charge in [0.05, 0.1) is 5.56 Å². The Labute approximate surface area is 158 Å². The monoisotopic (exact) mass is 368 g/mol. The molecular weight excluding hydrogens is 344 g/mol. The summed E-state index contributed by atoms with van der Waals surface area (Å²) < 4.78 is 10.6. The molecule has 0 saturated heterocycles. The number of benzene rings is 1. The number of hydrogen-bond donors (Lipinski definition) is 0. The van der Waals surface area contributed by atoms with Crippen LogP contribution in [-0.2, 0) is 25.5 Å². The van der Waals surface area contributed by atoms with Gasteiger partial charge in [0, 0.05) is 11.8 Å². The molecule has 5 aliphatic rings. The molecule has 4 aliphatic carbocycles. The maximum atomic E-state index is 13.0. The summed E-state index contributed by atoms with van der Waals surface area (Å²) in [5.74, 6) is 0.963. The molecule has 1 aliphatic heterocycles. The van der Waals surface area contributed by atoms with E-state index in [9.17, 15) is 14.4 Å². The molecule has 5 nitrogen and oxygen atoms in total. The summed E-state index contributed by atoms with van der Waals surface area (Å²) >= 11 is 0. The molecule has 0 N–H and O–H groups in total. The molecule has 1 heterocycles. The summed E-state index contributed by atoms with van der Waals surface area (Å²) in [6, 6.07) is 7.10. The van der Waals surface area contributed by atoms with E-state index in [4.69, 9.17) is 9.47 Å². The zero-order valence-electron chi connectivity index (χ0n) is 15.3. The van der Waals surface area contributed by atoms with E-state index < -0.39 is 18.0 Å². The fourth-order valence-electron chi connectivity index (χ4n) is 6.30. The standard InChI is InChI=1S/C22H24O5/c23-19(22-9-13-5-14(10-22)7-15(6-13)11-22)12-26-21(25)18-8-16-3-1-2-4-17(16)20(24)27-18/h1-4,13-15,18H,5-12H2/t13?,14?,15?,18-,22?/m1/s1. The summed E-state index contributed by atoms with van der Waals surface area (Å²) in [4.78, 5) is 37.5. The zero-order valence-corrected chi connectivity index (χ0v) is 15.3. The number of fused-ring (bicyclic) bond motifs is 1. The second kappa shape index (κ2) is 6.18. The molecule has 0 unspecified atom stereocenters. The van der Waals surface area contributed by atoms with Gasteiger partial charge in [-0.3, -0.25) is 4.79 Å². The Morgan fingerprint density at radius 1 is 1.04 bits per heavy atom. The number of ether oxygens (including phenoxy) is 2. The SMILES string of the molecule is O=C1O[C@@H](C(=O)OCC(=O)C23CC4CC(CC(C4)C2)C3)Cc2ccccc21. The number of cyclic esters (lactones) is 1. The fraction of sp³-hybridized carbons (Fsp3) is 0.591. The maximum Gasteiger partial charge on any atom is 0.348 e. The van der Waals surface area contributed by atoms with Crippen molar-refractivity contribution < 1.29 is 23.9 Å². The van der Waals surface area contributed by atoms with Gasteiger partial charge in [-0.15, -0.1) is 0 Å². The maximum absolute atomic E-state index is 13.0. The summed E-state index contributed by atoms with van der Waals surface area (Å²) in [6.07, 6.45) is 6.02. The van der Waals surface area contributed by atoms with Gasteiger partial charge in [-0.2, -0.15) is 0 Å². The van der Waals surface area contributed by atoms with Crippen molar-refractivity contribution in [1.82, 2.24) is 0 Å². The summed E-state index contributed by atoms with van der Waals surface area (Å²) in [5, 5.41) is 0. The highest BCUT2D eigenvalue weighted by molar-refractivity contribution is 5.95. The molecule has 27 heavy (non-hydrogen) atoms. The van der Waals surface area contributed by atoms with Crippen LogP contribution in [0.4, 0.5) is 0 Å². The Morgan fingerprint density at radius 2 is 1.67 bits per heavy atom. The van der Waals surface area contributed by atoms with Crippen LogP contribution < -0.4 is 0 Å².